The quantitative estimate of drug-likeness (QED) is 0.249. The fourth-order valence-corrected chi connectivity index (χ4v) is 5.20. The Hall–Kier alpha value is -3.32. The van der Waals surface area contributed by atoms with Gasteiger partial charge in [-0.1, -0.05) is 35.9 Å². The number of methoxy groups -OCH3 is 1. The van der Waals surface area contributed by atoms with Gasteiger partial charge in [-0.25, -0.2) is 4.99 Å². The van der Waals surface area contributed by atoms with Crippen LogP contribution in [0.3, 0.4) is 0 Å². The number of amides is 1. The van der Waals surface area contributed by atoms with Crippen molar-refractivity contribution in [2.45, 2.75) is 31.2 Å². The molecular weight excluding hydrogens is 521 g/mol. The molecule has 2 aromatic carbocycles. The van der Waals surface area contributed by atoms with Crippen molar-refractivity contribution in [2.24, 2.45) is 10.7 Å². The number of hydrogen-bond acceptors (Lipinski definition) is 7. The summed E-state index contributed by atoms with van der Waals surface area (Å²) >= 11 is 6.61. The Morgan fingerprint density at radius 2 is 1.84 bits per heavy atom. The highest BCUT2D eigenvalue weighted by Crippen LogP contribution is 2.38. The van der Waals surface area contributed by atoms with E-state index in [0.29, 0.717) is 51.2 Å². The summed E-state index contributed by atoms with van der Waals surface area (Å²) < 4.78 is 18.4. The van der Waals surface area contributed by atoms with E-state index in [2.05, 4.69) is 16.0 Å². The first-order chi connectivity index (χ1) is 18.1. The highest BCUT2D eigenvalue weighted by Gasteiger charge is 2.35. The number of aliphatic imine (C=N–C) groups is 1. The summed E-state index contributed by atoms with van der Waals surface area (Å²) in [7, 11) is -0.970. The molecule has 1 fully saturated rings. The summed E-state index contributed by atoms with van der Waals surface area (Å²) in [5.41, 5.74) is 7.58. The van der Waals surface area contributed by atoms with E-state index < -0.39 is 7.14 Å². The van der Waals surface area contributed by atoms with E-state index in [1.165, 1.54) is 6.08 Å². The van der Waals surface area contributed by atoms with Crippen LogP contribution in [0.1, 0.15) is 25.7 Å². The molecule has 4 rings (SSSR count). The van der Waals surface area contributed by atoms with Gasteiger partial charge in [-0.3, -0.25) is 4.79 Å². The molecule has 2 aliphatic rings. The number of amidine groups is 1. The van der Waals surface area contributed by atoms with E-state index in [4.69, 9.17) is 27.1 Å². The maximum absolute atomic E-state index is 12.9. The molecule has 5 N–H and O–H groups in total. The predicted octanol–water partition coefficient (Wildman–Crippen LogP) is 5.61. The molecule has 1 aliphatic heterocycles. The van der Waals surface area contributed by atoms with Crippen LogP contribution in [0.4, 0.5) is 17.1 Å². The van der Waals surface area contributed by atoms with E-state index >= 15 is 0 Å². The molecular formula is C28H33ClN5O3P. The summed E-state index contributed by atoms with van der Waals surface area (Å²) in [4.78, 5) is 17.1. The maximum Gasteiger partial charge on any atom is 0.248 e. The number of ether oxygens (including phenoxy) is 1. The van der Waals surface area contributed by atoms with Crippen molar-refractivity contribution in [3.8, 4) is 5.75 Å². The second kappa shape index (κ2) is 11.6. The zero-order valence-electron chi connectivity index (χ0n) is 21.8. The smallest absolute Gasteiger partial charge is 0.248 e. The van der Waals surface area contributed by atoms with Crippen LogP contribution in [-0.4, -0.2) is 37.7 Å². The zero-order valence-corrected chi connectivity index (χ0v) is 23.4. The largest absolute Gasteiger partial charge is 0.495 e. The number of nitrogens with two attached hydrogens (primary N) is 1. The van der Waals surface area contributed by atoms with Gasteiger partial charge in [-0.05, 0) is 75.4 Å². The lowest BCUT2D eigenvalue weighted by Gasteiger charge is -2.19. The molecule has 38 heavy (non-hydrogen) atoms. The summed E-state index contributed by atoms with van der Waals surface area (Å²) in [5.74, 6) is 1.30. The Balaban J connectivity index is 1.59. The van der Waals surface area contributed by atoms with Crippen LogP contribution in [0.5, 0.6) is 5.75 Å². The summed E-state index contributed by atoms with van der Waals surface area (Å²) in [6.45, 7) is 3.46. The zero-order chi connectivity index (χ0) is 27.3. The van der Waals surface area contributed by atoms with E-state index in [1.807, 2.05) is 36.4 Å². The third kappa shape index (κ3) is 7.38. The molecule has 200 valence electrons. The Morgan fingerprint density at radius 3 is 2.55 bits per heavy atom. The number of nitrogens with zero attached hydrogens (tertiary/aromatic N) is 1. The van der Waals surface area contributed by atoms with Gasteiger partial charge in [0.2, 0.25) is 5.91 Å². The van der Waals surface area contributed by atoms with Crippen molar-refractivity contribution in [1.82, 2.24) is 0 Å². The average Bonchev–Trinajstić information content (AvgIpc) is 3.61. The molecule has 0 atom stereocenters. The van der Waals surface area contributed by atoms with Crippen molar-refractivity contribution in [1.29, 1.82) is 0 Å². The van der Waals surface area contributed by atoms with Crippen LogP contribution in [0.25, 0.3) is 0 Å². The average molecular weight is 554 g/mol. The highest BCUT2D eigenvalue weighted by molar-refractivity contribution is 7.70. The molecule has 0 unspecified atom stereocenters. The maximum atomic E-state index is 12.9. The fourth-order valence-electron chi connectivity index (χ4n) is 3.85. The Morgan fingerprint density at radius 1 is 1.11 bits per heavy atom. The number of anilines is 3. The second-order valence-electron chi connectivity index (χ2n) is 9.77. The fraction of sp³-hybridized carbons (Fsp3) is 0.286. The number of para-hydroxylation sites is 1. The number of allylic oxidation sites excluding steroid dienone is 2. The lowest BCUT2D eigenvalue weighted by molar-refractivity contribution is -0.111. The molecule has 0 saturated heterocycles. The number of nitrogens with one attached hydrogen (secondary N) is 3. The minimum absolute atomic E-state index is 0.257. The van der Waals surface area contributed by atoms with Gasteiger partial charge in [0, 0.05) is 22.6 Å². The first-order valence-electron chi connectivity index (χ1n) is 12.4. The van der Waals surface area contributed by atoms with Crippen LogP contribution in [0, 0.1) is 0 Å². The van der Waals surface area contributed by atoms with Gasteiger partial charge in [-0.2, -0.15) is 0 Å². The van der Waals surface area contributed by atoms with Gasteiger partial charge in [0.1, 0.15) is 18.7 Å². The molecule has 0 bridgehead atoms. The Labute approximate surface area is 228 Å². The molecule has 0 spiro atoms. The van der Waals surface area contributed by atoms with E-state index in [-0.39, 0.29) is 11.4 Å². The summed E-state index contributed by atoms with van der Waals surface area (Å²) in [6.07, 6.45) is 10.3. The normalized spacial score (nSPS) is 21.0. The van der Waals surface area contributed by atoms with Crippen LogP contribution in [0.2, 0.25) is 0 Å². The molecule has 8 nitrogen and oxygen atoms in total. The second-order valence-corrected chi connectivity index (χ2v) is 13.4. The van der Waals surface area contributed by atoms with Crippen LogP contribution in [-0.2, 0) is 9.36 Å². The van der Waals surface area contributed by atoms with Gasteiger partial charge in [-0.15, -0.1) is 0 Å². The first-order valence-corrected chi connectivity index (χ1v) is 15.3. The molecule has 1 heterocycles. The minimum Gasteiger partial charge on any atom is -0.495 e. The van der Waals surface area contributed by atoms with Gasteiger partial charge >= 0.3 is 0 Å². The molecule has 1 aliphatic carbocycles. The molecule has 1 amide bonds. The van der Waals surface area contributed by atoms with Gasteiger partial charge in [0.05, 0.1) is 23.5 Å². The Kier molecular flexibility index (Phi) is 8.46. The predicted molar refractivity (Wildman–Crippen MR) is 158 cm³/mol. The summed E-state index contributed by atoms with van der Waals surface area (Å²) in [6, 6.07) is 12.7. The lowest BCUT2D eigenvalue weighted by atomic mass is 10.2. The minimum atomic E-state index is -2.54. The number of benzene rings is 2. The van der Waals surface area contributed by atoms with E-state index in [0.717, 1.165) is 19.3 Å². The third-order valence-corrected chi connectivity index (χ3v) is 8.03. The number of rotatable bonds is 8. The standard InChI is InChI=1S/C28H33ClN5O3P/c1-37-23-13-12-19(31-26(35)14-15-28(30)16-17-28)18-22(23)32-25-11-7-4-8-20(29)27(34-25)33-21-9-5-6-10-24(21)38(2,3)36/h5-6,8-15,18,32H,4,7,16-17,30H2,1-3H3,(H,31,35)(H,33,34)/b15-14+,20-8-,25-11-. The molecule has 10 heteroatoms. The van der Waals surface area contributed by atoms with Crippen LogP contribution in [0.15, 0.2) is 82.6 Å². The Bertz CT molecular complexity index is 1390. The van der Waals surface area contributed by atoms with E-state index in [1.54, 1.807) is 44.7 Å². The molecule has 0 aromatic heterocycles. The van der Waals surface area contributed by atoms with Crippen molar-refractivity contribution in [3.05, 3.63) is 77.6 Å². The van der Waals surface area contributed by atoms with E-state index in [9.17, 15) is 9.36 Å². The third-order valence-electron chi connectivity index (χ3n) is 6.15. The van der Waals surface area contributed by atoms with Crippen molar-refractivity contribution in [2.75, 3.05) is 36.4 Å². The number of halogens is 1. The SMILES string of the molecule is COc1ccc(NC(=O)/C=C/C2(N)CC2)cc1NC1=C/CC/C=C(Cl)/C(Nc2ccccc2P(C)(C)=O)=N\1. The summed E-state index contributed by atoms with van der Waals surface area (Å²) in [5, 5.41) is 10.6. The molecule has 2 aromatic rings. The van der Waals surface area contributed by atoms with Gasteiger partial charge in [0.25, 0.3) is 0 Å². The van der Waals surface area contributed by atoms with Gasteiger partial charge in [0.15, 0.2) is 5.84 Å². The number of hydrogen-bond donors (Lipinski definition) is 4. The number of carbonyl (C=O) groups excluding carboxylic acids is 1. The van der Waals surface area contributed by atoms with Crippen LogP contribution >= 0.6 is 18.7 Å². The first kappa shape index (κ1) is 27.7. The monoisotopic (exact) mass is 553 g/mol. The molecule has 0 radical (unpaired) electrons. The van der Waals surface area contributed by atoms with Crippen molar-refractivity contribution < 1.29 is 14.1 Å². The van der Waals surface area contributed by atoms with Crippen molar-refractivity contribution >= 4 is 52.9 Å². The highest BCUT2D eigenvalue weighted by atomic mass is 35.5. The van der Waals surface area contributed by atoms with Crippen LogP contribution < -0.4 is 31.7 Å². The molecule has 1 saturated carbocycles. The topological polar surface area (TPSA) is 118 Å². The van der Waals surface area contributed by atoms with Crippen molar-refractivity contribution in [3.63, 3.8) is 0 Å². The number of carbonyl (C=O) groups is 1. The van der Waals surface area contributed by atoms with Gasteiger partial charge < -0.3 is 31.0 Å². The lowest BCUT2D eigenvalue weighted by Crippen LogP contribution is -2.20.